The molecule has 0 heterocycles. The highest BCUT2D eigenvalue weighted by Gasteiger charge is 2.28. The third-order valence-corrected chi connectivity index (χ3v) is 2.93. The van der Waals surface area contributed by atoms with Crippen LogP contribution in [0.25, 0.3) is 0 Å². The topological polar surface area (TPSA) is 26.0 Å². The van der Waals surface area contributed by atoms with Crippen LogP contribution in [0, 0.1) is 0 Å². The van der Waals surface area contributed by atoms with Gasteiger partial charge >= 0.3 is 6.18 Å². The van der Waals surface area contributed by atoms with Gasteiger partial charge in [0.15, 0.2) is 0 Å². The van der Waals surface area contributed by atoms with E-state index in [1.165, 1.54) is 0 Å². The Morgan fingerprint density at radius 2 is 1.94 bits per heavy atom. The molecular weight excluding hydrogens is 342 g/mol. The Bertz CT molecular complexity index is 371. The average molecular weight is 353 g/mol. The summed E-state index contributed by atoms with van der Waals surface area (Å²) in [5.41, 5.74) is 6.19. The Morgan fingerprint density at radius 1 is 1.35 bits per heavy atom. The van der Waals surface area contributed by atoms with Crippen LogP contribution in [0.1, 0.15) is 24.4 Å². The van der Waals surface area contributed by atoms with E-state index in [1.54, 1.807) is 18.2 Å². The van der Waals surface area contributed by atoms with Gasteiger partial charge in [-0.25, -0.2) is 0 Å². The maximum Gasteiger partial charge on any atom is 0.389 e. The summed E-state index contributed by atoms with van der Waals surface area (Å²) in [6.45, 7) is 0. The van der Waals surface area contributed by atoms with Crippen LogP contribution >= 0.6 is 39.9 Å². The van der Waals surface area contributed by atoms with E-state index in [0.717, 1.165) is 4.47 Å². The largest absolute Gasteiger partial charge is 0.389 e. The van der Waals surface area contributed by atoms with Crippen molar-refractivity contribution in [2.45, 2.75) is 25.1 Å². The molecule has 0 spiro atoms. The first-order valence-corrected chi connectivity index (χ1v) is 5.74. The van der Waals surface area contributed by atoms with Crippen molar-refractivity contribution in [3.8, 4) is 0 Å². The Balaban J connectivity index is 0.00000256. The molecule has 0 aliphatic rings. The minimum atomic E-state index is -4.18. The Kier molecular flexibility index (Phi) is 6.84. The molecule has 2 N–H and O–H groups in total. The zero-order chi connectivity index (χ0) is 12.3. The van der Waals surface area contributed by atoms with Crippen LogP contribution < -0.4 is 5.73 Å². The fourth-order valence-electron chi connectivity index (χ4n) is 1.27. The second kappa shape index (κ2) is 6.83. The van der Waals surface area contributed by atoms with Crippen LogP contribution in [-0.4, -0.2) is 6.18 Å². The second-order valence-electron chi connectivity index (χ2n) is 3.43. The molecule has 0 unspecified atom stereocenters. The van der Waals surface area contributed by atoms with Gasteiger partial charge in [0.25, 0.3) is 0 Å². The van der Waals surface area contributed by atoms with E-state index in [0.29, 0.717) is 10.6 Å². The van der Waals surface area contributed by atoms with Crippen molar-refractivity contribution in [3.05, 3.63) is 33.3 Å². The van der Waals surface area contributed by atoms with Crippen LogP contribution in [-0.2, 0) is 0 Å². The molecule has 1 atom stereocenters. The van der Waals surface area contributed by atoms with Crippen molar-refractivity contribution < 1.29 is 13.2 Å². The summed E-state index contributed by atoms with van der Waals surface area (Å²) in [5, 5.41) is 0.387. The summed E-state index contributed by atoms with van der Waals surface area (Å²) in [4.78, 5) is 0. The Hall–Kier alpha value is 0.0300. The minimum absolute atomic E-state index is 0. The zero-order valence-corrected chi connectivity index (χ0v) is 11.8. The predicted molar refractivity (Wildman–Crippen MR) is 68.6 cm³/mol. The van der Waals surface area contributed by atoms with Crippen molar-refractivity contribution in [2.24, 2.45) is 5.73 Å². The van der Waals surface area contributed by atoms with Gasteiger partial charge in [0.2, 0.25) is 0 Å². The van der Waals surface area contributed by atoms with Gasteiger partial charge in [0.05, 0.1) is 0 Å². The maximum absolute atomic E-state index is 12.0. The molecule has 0 aliphatic heterocycles. The number of alkyl halides is 3. The van der Waals surface area contributed by atoms with Gasteiger partial charge in [0.1, 0.15) is 0 Å². The molecule has 0 aromatic heterocycles. The van der Waals surface area contributed by atoms with Gasteiger partial charge in [0, 0.05) is 22.0 Å². The van der Waals surface area contributed by atoms with Gasteiger partial charge in [-0.3, -0.25) is 0 Å². The molecule has 1 aromatic carbocycles. The van der Waals surface area contributed by atoms with E-state index in [2.05, 4.69) is 15.9 Å². The van der Waals surface area contributed by atoms with Crippen molar-refractivity contribution >= 4 is 39.9 Å². The fraction of sp³-hybridized carbons (Fsp3) is 0.400. The molecule has 1 aromatic rings. The van der Waals surface area contributed by atoms with E-state index in [1.807, 2.05) is 0 Å². The molecule has 0 radical (unpaired) electrons. The molecule has 0 bridgehead atoms. The molecular formula is C10H11BrCl2F3N. The highest BCUT2D eigenvalue weighted by Crippen LogP contribution is 2.31. The molecule has 0 saturated carbocycles. The zero-order valence-electron chi connectivity index (χ0n) is 8.60. The molecule has 0 fully saturated rings. The van der Waals surface area contributed by atoms with Crippen LogP contribution in [0.2, 0.25) is 5.02 Å². The Morgan fingerprint density at radius 3 is 2.47 bits per heavy atom. The quantitative estimate of drug-likeness (QED) is 0.825. The molecule has 7 heteroatoms. The van der Waals surface area contributed by atoms with E-state index < -0.39 is 18.6 Å². The van der Waals surface area contributed by atoms with Gasteiger partial charge in [-0.1, -0.05) is 27.5 Å². The van der Waals surface area contributed by atoms with Gasteiger partial charge < -0.3 is 5.73 Å². The first-order valence-electron chi connectivity index (χ1n) is 4.57. The van der Waals surface area contributed by atoms with Gasteiger partial charge in [-0.2, -0.15) is 13.2 Å². The molecule has 1 rings (SSSR count). The lowest BCUT2D eigenvalue weighted by molar-refractivity contribution is -0.136. The Labute approximate surface area is 117 Å². The van der Waals surface area contributed by atoms with Crippen molar-refractivity contribution in [3.63, 3.8) is 0 Å². The number of halogens is 6. The van der Waals surface area contributed by atoms with Crippen LogP contribution in [0.5, 0.6) is 0 Å². The summed E-state index contributed by atoms with van der Waals surface area (Å²) in [7, 11) is 0. The molecule has 0 amide bonds. The van der Waals surface area contributed by atoms with E-state index >= 15 is 0 Å². The average Bonchev–Trinajstić information content (AvgIpc) is 2.17. The standard InChI is InChI=1S/C10H10BrClF3N.ClH/c11-6-1-2-8(12)7(5-6)9(16)3-4-10(13,14)15;/h1-2,5,9H,3-4,16H2;1H/t9-;/m1./s1. The first kappa shape index (κ1) is 17.0. The van der Waals surface area contributed by atoms with Crippen LogP contribution in [0.3, 0.4) is 0 Å². The second-order valence-corrected chi connectivity index (χ2v) is 4.75. The molecule has 17 heavy (non-hydrogen) atoms. The monoisotopic (exact) mass is 351 g/mol. The summed E-state index contributed by atoms with van der Waals surface area (Å²) in [6, 6.07) is 4.26. The molecule has 98 valence electrons. The molecule has 0 saturated heterocycles. The lowest BCUT2D eigenvalue weighted by Gasteiger charge is -2.15. The summed E-state index contributed by atoms with van der Waals surface area (Å²) in [5.74, 6) is 0. The van der Waals surface area contributed by atoms with E-state index in [-0.39, 0.29) is 18.8 Å². The van der Waals surface area contributed by atoms with Crippen LogP contribution in [0.4, 0.5) is 13.2 Å². The van der Waals surface area contributed by atoms with E-state index in [9.17, 15) is 13.2 Å². The summed E-state index contributed by atoms with van der Waals surface area (Å²) < 4.78 is 36.8. The highest BCUT2D eigenvalue weighted by molar-refractivity contribution is 9.10. The molecule has 0 aliphatic carbocycles. The number of hydrogen-bond donors (Lipinski definition) is 1. The van der Waals surface area contributed by atoms with Gasteiger partial charge in [-0.05, 0) is 30.2 Å². The lowest BCUT2D eigenvalue weighted by Crippen LogP contribution is -2.16. The third-order valence-electron chi connectivity index (χ3n) is 2.10. The summed E-state index contributed by atoms with van der Waals surface area (Å²) in [6.07, 6.45) is -5.26. The predicted octanol–water partition coefficient (Wildman–Crippen LogP) is 4.87. The van der Waals surface area contributed by atoms with Crippen molar-refractivity contribution in [1.29, 1.82) is 0 Å². The number of benzene rings is 1. The summed E-state index contributed by atoms with van der Waals surface area (Å²) >= 11 is 9.08. The van der Waals surface area contributed by atoms with Crippen molar-refractivity contribution in [1.82, 2.24) is 0 Å². The number of rotatable bonds is 3. The fourth-order valence-corrected chi connectivity index (χ4v) is 1.91. The normalized spacial score (nSPS) is 13.1. The van der Waals surface area contributed by atoms with E-state index in [4.69, 9.17) is 17.3 Å². The van der Waals surface area contributed by atoms with Gasteiger partial charge in [-0.15, -0.1) is 12.4 Å². The van der Waals surface area contributed by atoms with Crippen LogP contribution in [0.15, 0.2) is 22.7 Å². The highest BCUT2D eigenvalue weighted by atomic mass is 79.9. The number of nitrogens with two attached hydrogens (primary N) is 1. The number of hydrogen-bond acceptors (Lipinski definition) is 1. The third kappa shape index (κ3) is 5.95. The smallest absolute Gasteiger partial charge is 0.324 e. The SMILES string of the molecule is Cl.N[C@H](CCC(F)(F)F)c1cc(Br)ccc1Cl. The lowest BCUT2D eigenvalue weighted by atomic mass is 10.0. The first-order chi connectivity index (χ1) is 7.29. The molecule has 1 nitrogen and oxygen atoms in total. The minimum Gasteiger partial charge on any atom is -0.324 e. The van der Waals surface area contributed by atoms with Crippen molar-refractivity contribution in [2.75, 3.05) is 0 Å². The maximum atomic E-state index is 12.0.